The molecule has 90 valence electrons. The fourth-order valence-corrected chi connectivity index (χ4v) is 2.07. The molecule has 0 amide bonds. The number of hydrogen-bond donors (Lipinski definition) is 1. The first kappa shape index (κ1) is 11.2. The summed E-state index contributed by atoms with van der Waals surface area (Å²) in [6.45, 7) is 0. The molecule has 2 N–H and O–H groups in total. The van der Waals surface area contributed by atoms with Crippen LogP contribution in [0.4, 0.5) is 10.1 Å². The van der Waals surface area contributed by atoms with Gasteiger partial charge in [0.2, 0.25) is 5.89 Å². The van der Waals surface area contributed by atoms with Gasteiger partial charge in [0.1, 0.15) is 11.3 Å². The number of halogens is 2. The molecule has 2 aromatic carbocycles. The largest absolute Gasteiger partial charge is 0.436 e. The molecule has 0 bridgehead atoms. The van der Waals surface area contributed by atoms with Crippen LogP contribution in [0.25, 0.3) is 22.6 Å². The highest BCUT2D eigenvalue weighted by atomic mass is 79.9. The van der Waals surface area contributed by atoms with Gasteiger partial charge in [0.25, 0.3) is 0 Å². The Morgan fingerprint density at radius 2 is 2.00 bits per heavy atom. The Morgan fingerprint density at radius 1 is 1.17 bits per heavy atom. The van der Waals surface area contributed by atoms with Gasteiger partial charge in [0, 0.05) is 10.2 Å². The second kappa shape index (κ2) is 4.10. The van der Waals surface area contributed by atoms with Crippen molar-refractivity contribution in [1.82, 2.24) is 4.98 Å². The highest BCUT2D eigenvalue weighted by Crippen LogP contribution is 2.29. The third-order valence-corrected chi connectivity index (χ3v) is 3.06. The van der Waals surface area contributed by atoms with Crippen LogP contribution in [0.15, 0.2) is 45.3 Å². The fourth-order valence-electron chi connectivity index (χ4n) is 1.72. The zero-order valence-electron chi connectivity index (χ0n) is 9.15. The van der Waals surface area contributed by atoms with Gasteiger partial charge in [-0.15, -0.1) is 0 Å². The lowest BCUT2D eigenvalue weighted by atomic mass is 10.2. The summed E-state index contributed by atoms with van der Waals surface area (Å²) >= 11 is 3.35. The SMILES string of the molecule is Nc1ccc(F)c(-c2nc3cc(Br)ccc3o2)c1. The third-order valence-electron chi connectivity index (χ3n) is 2.57. The second-order valence-electron chi connectivity index (χ2n) is 3.87. The smallest absolute Gasteiger partial charge is 0.230 e. The van der Waals surface area contributed by atoms with Crippen LogP contribution < -0.4 is 5.73 Å². The number of benzene rings is 2. The first-order valence-corrected chi connectivity index (χ1v) is 6.04. The van der Waals surface area contributed by atoms with Gasteiger partial charge in [-0.1, -0.05) is 15.9 Å². The molecule has 0 saturated carbocycles. The standard InChI is InChI=1S/C13H8BrFN2O/c14-7-1-4-12-11(5-7)17-13(18-12)9-6-8(16)2-3-10(9)15/h1-6H,16H2. The average Bonchev–Trinajstić information content (AvgIpc) is 2.74. The van der Waals surface area contributed by atoms with E-state index in [-0.39, 0.29) is 11.5 Å². The quantitative estimate of drug-likeness (QED) is 0.692. The van der Waals surface area contributed by atoms with Crippen LogP contribution in [-0.4, -0.2) is 4.98 Å². The summed E-state index contributed by atoms with van der Waals surface area (Å²) < 4.78 is 20.1. The van der Waals surface area contributed by atoms with Crippen molar-refractivity contribution >= 4 is 32.7 Å². The van der Waals surface area contributed by atoms with Gasteiger partial charge in [-0.2, -0.15) is 0 Å². The summed E-state index contributed by atoms with van der Waals surface area (Å²) in [6.07, 6.45) is 0. The van der Waals surface area contributed by atoms with Crippen LogP contribution >= 0.6 is 15.9 Å². The number of nitrogens with zero attached hydrogens (tertiary/aromatic N) is 1. The summed E-state index contributed by atoms with van der Waals surface area (Å²) in [7, 11) is 0. The maximum Gasteiger partial charge on any atom is 0.230 e. The van der Waals surface area contributed by atoms with Crippen LogP contribution in [0, 0.1) is 5.82 Å². The highest BCUT2D eigenvalue weighted by molar-refractivity contribution is 9.10. The lowest BCUT2D eigenvalue weighted by Gasteiger charge is -1.99. The zero-order valence-corrected chi connectivity index (χ0v) is 10.7. The van der Waals surface area contributed by atoms with E-state index in [1.165, 1.54) is 18.2 Å². The Morgan fingerprint density at radius 3 is 2.83 bits per heavy atom. The van der Waals surface area contributed by atoms with Crippen molar-refractivity contribution in [3.63, 3.8) is 0 Å². The predicted molar refractivity (Wildman–Crippen MR) is 71.5 cm³/mol. The monoisotopic (exact) mass is 306 g/mol. The molecule has 1 aromatic heterocycles. The number of rotatable bonds is 1. The van der Waals surface area contributed by atoms with Crippen LogP contribution in [0.5, 0.6) is 0 Å². The Balaban J connectivity index is 2.22. The van der Waals surface area contributed by atoms with Crippen molar-refractivity contribution in [2.24, 2.45) is 0 Å². The molecule has 3 rings (SSSR count). The topological polar surface area (TPSA) is 52.0 Å². The summed E-state index contributed by atoms with van der Waals surface area (Å²) in [5, 5.41) is 0. The molecule has 0 spiro atoms. The van der Waals surface area contributed by atoms with Gasteiger partial charge < -0.3 is 10.2 Å². The lowest BCUT2D eigenvalue weighted by molar-refractivity contribution is 0.594. The molecule has 0 aliphatic carbocycles. The van der Waals surface area contributed by atoms with Crippen molar-refractivity contribution in [3.05, 3.63) is 46.7 Å². The van der Waals surface area contributed by atoms with E-state index >= 15 is 0 Å². The lowest BCUT2D eigenvalue weighted by Crippen LogP contribution is -1.89. The number of nitrogens with two attached hydrogens (primary N) is 1. The van der Waals surface area contributed by atoms with Crippen molar-refractivity contribution in [3.8, 4) is 11.5 Å². The summed E-state index contributed by atoms with van der Waals surface area (Å²) in [5.41, 5.74) is 7.65. The molecule has 0 aliphatic heterocycles. The molecule has 0 radical (unpaired) electrons. The van der Waals surface area contributed by atoms with Gasteiger partial charge >= 0.3 is 0 Å². The number of fused-ring (bicyclic) bond motifs is 1. The maximum absolute atomic E-state index is 13.7. The minimum atomic E-state index is -0.408. The minimum Gasteiger partial charge on any atom is -0.436 e. The second-order valence-corrected chi connectivity index (χ2v) is 4.79. The van der Waals surface area contributed by atoms with Gasteiger partial charge in [-0.3, -0.25) is 0 Å². The number of aromatic nitrogens is 1. The number of anilines is 1. The minimum absolute atomic E-state index is 0.230. The molecule has 5 heteroatoms. The van der Waals surface area contributed by atoms with Crippen LogP contribution in [0.3, 0.4) is 0 Å². The molecule has 0 saturated heterocycles. The van der Waals surface area contributed by atoms with Crippen LogP contribution in [-0.2, 0) is 0 Å². The summed E-state index contributed by atoms with van der Waals surface area (Å²) in [4.78, 5) is 4.25. The van der Waals surface area contributed by atoms with E-state index in [9.17, 15) is 4.39 Å². The van der Waals surface area contributed by atoms with E-state index in [1.807, 2.05) is 12.1 Å². The van der Waals surface area contributed by atoms with Crippen molar-refractivity contribution < 1.29 is 8.81 Å². The molecular weight excluding hydrogens is 299 g/mol. The van der Waals surface area contributed by atoms with Gasteiger partial charge in [0.05, 0.1) is 5.56 Å². The molecule has 0 fully saturated rings. The first-order chi connectivity index (χ1) is 8.63. The highest BCUT2D eigenvalue weighted by Gasteiger charge is 2.13. The zero-order chi connectivity index (χ0) is 12.7. The third kappa shape index (κ3) is 1.86. The van der Waals surface area contributed by atoms with Crippen molar-refractivity contribution in [1.29, 1.82) is 0 Å². The molecular formula is C13H8BrFN2O. The van der Waals surface area contributed by atoms with Gasteiger partial charge in [-0.25, -0.2) is 9.37 Å². The van der Waals surface area contributed by atoms with E-state index in [2.05, 4.69) is 20.9 Å². The normalized spacial score (nSPS) is 11.0. The molecule has 18 heavy (non-hydrogen) atoms. The predicted octanol–water partition coefficient (Wildman–Crippen LogP) is 3.98. The molecule has 3 aromatic rings. The van der Waals surface area contributed by atoms with Crippen LogP contribution in [0.2, 0.25) is 0 Å². The van der Waals surface area contributed by atoms with E-state index < -0.39 is 5.82 Å². The number of hydrogen-bond acceptors (Lipinski definition) is 3. The number of nitrogen functional groups attached to an aromatic ring is 1. The van der Waals surface area contributed by atoms with Gasteiger partial charge in [0.15, 0.2) is 5.58 Å². The fraction of sp³-hybridized carbons (Fsp3) is 0. The van der Waals surface area contributed by atoms with Crippen molar-refractivity contribution in [2.75, 3.05) is 5.73 Å². The number of oxazole rings is 1. The Bertz CT molecular complexity index is 739. The van der Waals surface area contributed by atoms with Crippen molar-refractivity contribution in [2.45, 2.75) is 0 Å². The van der Waals surface area contributed by atoms with Gasteiger partial charge in [-0.05, 0) is 36.4 Å². The molecule has 1 heterocycles. The Kier molecular flexibility index (Phi) is 2.56. The van der Waals surface area contributed by atoms with E-state index in [1.54, 1.807) is 6.07 Å². The molecule has 0 aliphatic rings. The Hall–Kier alpha value is -1.88. The summed E-state index contributed by atoms with van der Waals surface area (Å²) in [5.74, 6) is -0.178. The molecule has 3 nitrogen and oxygen atoms in total. The van der Waals surface area contributed by atoms with E-state index in [0.29, 0.717) is 16.8 Å². The first-order valence-electron chi connectivity index (χ1n) is 5.25. The molecule has 0 unspecified atom stereocenters. The Labute approximate surface area is 111 Å². The summed E-state index contributed by atoms with van der Waals surface area (Å²) in [6, 6.07) is 9.74. The maximum atomic E-state index is 13.7. The van der Waals surface area contributed by atoms with E-state index in [4.69, 9.17) is 10.2 Å². The molecule has 0 atom stereocenters. The van der Waals surface area contributed by atoms with E-state index in [0.717, 1.165) is 4.47 Å². The van der Waals surface area contributed by atoms with Crippen LogP contribution in [0.1, 0.15) is 0 Å². The average molecular weight is 307 g/mol.